The monoisotopic (exact) mass is 399 g/mol. The first kappa shape index (κ1) is 19.9. The van der Waals surface area contributed by atoms with Crippen LogP contribution in [0.3, 0.4) is 0 Å². The topological polar surface area (TPSA) is 83.5 Å². The summed E-state index contributed by atoms with van der Waals surface area (Å²) in [7, 11) is 0. The number of rotatable bonds is 7. The number of likely N-dealkylation sites (N-methyl/N-ethyl adjacent to an activating group) is 1. The van der Waals surface area contributed by atoms with E-state index in [9.17, 15) is 0 Å². The Kier molecular flexibility index (Phi) is 6.49. The maximum Gasteiger partial charge on any atom is 0.191 e. The van der Waals surface area contributed by atoms with Crippen LogP contribution in [0.2, 0.25) is 0 Å². The van der Waals surface area contributed by atoms with Crippen molar-refractivity contribution in [3.63, 3.8) is 0 Å². The zero-order valence-corrected chi connectivity index (χ0v) is 17.6. The van der Waals surface area contributed by atoms with Crippen molar-refractivity contribution in [1.29, 1.82) is 0 Å². The minimum absolute atomic E-state index is 0.310. The van der Waals surface area contributed by atoms with Crippen LogP contribution in [0.25, 0.3) is 0 Å². The van der Waals surface area contributed by atoms with Crippen molar-refractivity contribution in [1.82, 2.24) is 30.3 Å². The summed E-state index contributed by atoms with van der Waals surface area (Å²) >= 11 is 0. The quantitative estimate of drug-likeness (QED) is 0.545. The maximum absolute atomic E-state index is 5.45. The molecule has 0 spiro atoms. The average Bonchev–Trinajstić information content (AvgIpc) is 3.45. The van der Waals surface area contributed by atoms with Crippen LogP contribution in [0, 0.1) is 6.92 Å². The zero-order chi connectivity index (χ0) is 20.1. The number of likely N-dealkylation sites (tertiary alicyclic amines) is 1. The summed E-state index contributed by atoms with van der Waals surface area (Å²) in [6, 6.07) is 4.81. The fourth-order valence-electron chi connectivity index (χ4n) is 4.37. The minimum atomic E-state index is 0.310. The molecule has 2 atom stereocenters. The van der Waals surface area contributed by atoms with Gasteiger partial charge in [0.25, 0.3) is 0 Å². The van der Waals surface area contributed by atoms with Crippen LogP contribution in [-0.2, 0) is 19.4 Å². The number of aryl methyl sites for hydroxylation is 2. The van der Waals surface area contributed by atoms with Crippen LogP contribution in [0.5, 0.6) is 0 Å². The number of aromatic nitrogens is 3. The lowest BCUT2D eigenvalue weighted by molar-refractivity contribution is 0.272. The van der Waals surface area contributed by atoms with Crippen LogP contribution >= 0.6 is 0 Å². The van der Waals surface area contributed by atoms with E-state index in [4.69, 9.17) is 9.41 Å². The van der Waals surface area contributed by atoms with E-state index < -0.39 is 0 Å². The van der Waals surface area contributed by atoms with Crippen LogP contribution in [0.1, 0.15) is 43.6 Å². The Balaban J connectivity index is 1.37. The van der Waals surface area contributed by atoms with Crippen molar-refractivity contribution < 1.29 is 4.42 Å². The highest BCUT2D eigenvalue weighted by Crippen LogP contribution is 2.17. The second kappa shape index (κ2) is 9.43. The number of hydrogen-bond donors (Lipinski definition) is 2. The first-order valence-corrected chi connectivity index (χ1v) is 10.9. The number of aliphatic imine (C=N–C) groups is 1. The molecule has 158 valence electrons. The van der Waals surface area contributed by atoms with Crippen LogP contribution in [0.4, 0.5) is 0 Å². The Morgan fingerprint density at radius 2 is 2.31 bits per heavy atom. The van der Waals surface area contributed by atoms with E-state index in [0.717, 1.165) is 68.8 Å². The van der Waals surface area contributed by atoms with Gasteiger partial charge in [-0.3, -0.25) is 9.89 Å². The second-order valence-corrected chi connectivity index (χ2v) is 8.01. The van der Waals surface area contributed by atoms with E-state index in [1.807, 2.05) is 23.7 Å². The van der Waals surface area contributed by atoms with E-state index in [0.29, 0.717) is 12.1 Å². The molecule has 4 rings (SSSR count). The predicted molar refractivity (Wildman–Crippen MR) is 113 cm³/mol. The lowest BCUT2D eigenvalue weighted by Crippen LogP contribution is -2.48. The predicted octanol–water partition coefficient (Wildman–Crippen LogP) is 1.76. The highest BCUT2D eigenvalue weighted by molar-refractivity contribution is 5.80. The van der Waals surface area contributed by atoms with Crippen molar-refractivity contribution in [3.8, 4) is 0 Å². The summed E-state index contributed by atoms with van der Waals surface area (Å²) in [6.45, 7) is 8.96. The molecule has 4 heterocycles. The molecule has 2 aliphatic rings. The molecule has 1 saturated heterocycles. The molecule has 2 unspecified atom stereocenters. The van der Waals surface area contributed by atoms with E-state index in [1.54, 1.807) is 6.26 Å². The van der Waals surface area contributed by atoms with Gasteiger partial charge in [0.05, 0.1) is 19.4 Å². The van der Waals surface area contributed by atoms with Crippen LogP contribution in [-0.4, -0.2) is 63.9 Å². The first-order chi connectivity index (χ1) is 14.2. The minimum Gasteiger partial charge on any atom is -0.469 e. The van der Waals surface area contributed by atoms with Crippen molar-refractivity contribution >= 4 is 5.96 Å². The van der Waals surface area contributed by atoms with Gasteiger partial charge in [0, 0.05) is 31.5 Å². The van der Waals surface area contributed by atoms with E-state index in [1.165, 1.54) is 19.4 Å². The summed E-state index contributed by atoms with van der Waals surface area (Å²) in [4.78, 5) is 12.0. The van der Waals surface area contributed by atoms with Gasteiger partial charge in [-0.1, -0.05) is 6.92 Å². The third-order valence-electron chi connectivity index (χ3n) is 5.91. The Morgan fingerprint density at radius 3 is 3.14 bits per heavy atom. The molecule has 0 radical (unpaired) electrons. The van der Waals surface area contributed by atoms with Gasteiger partial charge < -0.3 is 15.1 Å². The largest absolute Gasteiger partial charge is 0.469 e. The van der Waals surface area contributed by atoms with Gasteiger partial charge in [0.15, 0.2) is 5.96 Å². The molecule has 1 fully saturated rings. The molecular formula is C21H33N7O. The first-order valence-electron chi connectivity index (χ1n) is 10.9. The van der Waals surface area contributed by atoms with Gasteiger partial charge in [-0.15, -0.1) is 0 Å². The number of hydrogen-bond acceptors (Lipinski definition) is 5. The van der Waals surface area contributed by atoms with E-state index in [2.05, 4.69) is 32.5 Å². The SMILES string of the molecule is CCN1CCCC1CN=C(NCCc1ccco1)NC1CCc2nc(C)nn2C1. The molecule has 0 aromatic carbocycles. The summed E-state index contributed by atoms with van der Waals surface area (Å²) < 4.78 is 7.49. The fourth-order valence-corrected chi connectivity index (χ4v) is 4.37. The lowest BCUT2D eigenvalue weighted by Gasteiger charge is -2.26. The second-order valence-electron chi connectivity index (χ2n) is 8.01. The molecule has 8 heteroatoms. The standard InChI is InChI=1S/C21H33N7O/c1-3-27-12-4-6-18(27)14-23-21(22-11-10-19-7-5-13-29-19)25-17-8-9-20-24-16(2)26-28(20)15-17/h5,7,13,17-18H,3-4,6,8-12,14-15H2,1-2H3,(H2,22,23,25). The molecule has 0 saturated carbocycles. The van der Waals surface area contributed by atoms with Gasteiger partial charge in [0.1, 0.15) is 17.4 Å². The van der Waals surface area contributed by atoms with Crippen molar-refractivity contribution in [2.24, 2.45) is 4.99 Å². The number of furan rings is 1. The van der Waals surface area contributed by atoms with Crippen LogP contribution in [0.15, 0.2) is 27.8 Å². The Morgan fingerprint density at radius 1 is 1.38 bits per heavy atom. The summed E-state index contributed by atoms with van der Waals surface area (Å²) in [5, 5.41) is 11.7. The van der Waals surface area contributed by atoms with Gasteiger partial charge in [-0.25, -0.2) is 9.67 Å². The van der Waals surface area contributed by atoms with E-state index >= 15 is 0 Å². The smallest absolute Gasteiger partial charge is 0.191 e. The molecule has 8 nitrogen and oxygen atoms in total. The highest BCUT2D eigenvalue weighted by Gasteiger charge is 2.24. The third-order valence-corrected chi connectivity index (χ3v) is 5.91. The molecule has 2 N–H and O–H groups in total. The molecule has 0 bridgehead atoms. The van der Waals surface area contributed by atoms with Crippen molar-refractivity contribution in [2.45, 2.75) is 64.6 Å². The molecule has 2 aliphatic heterocycles. The van der Waals surface area contributed by atoms with Gasteiger partial charge in [0.2, 0.25) is 0 Å². The normalized spacial score (nSPS) is 22.6. The van der Waals surface area contributed by atoms with Crippen molar-refractivity contribution in [2.75, 3.05) is 26.2 Å². The number of nitrogens with zero attached hydrogens (tertiary/aromatic N) is 5. The Bertz CT molecular complexity index is 798. The van der Waals surface area contributed by atoms with E-state index in [-0.39, 0.29) is 0 Å². The van der Waals surface area contributed by atoms with Gasteiger partial charge >= 0.3 is 0 Å². The molecule has 0 amide bonds. The molecule has 0 aliphatic carbocycles. The Labute approximate surface area is 172 Å². The number of nitrogens with one attached hydrogen (secondary N) is 2. The maximum atomic E-state index is 5.45. The number of guanidine groups is 1. The zero-order valence-electron chi connectivity index (χ0n) is 17.6. The molecule has 2 aromatic heterocycles. The number of fused-ring (bicyclic) bond motifs is 1. The summed E-state index contributed by atoms with van der Waals surface area (Å²) in [5.41, 5.74) is 0. The molecular weight excluding hydrogens is 366 g/mol. The molecule has 2 aromatic rings. The highest BCUT2D eigenvalue weighted by atomic mass is 16.3. The average molecular weight is 400 g/mol. The Hall–Kier alpha value is -2.35. The summed E-state index contributed by atoms with van der Waals surface area (Å²) in [6.07, 6.45) is 7.07. The summed E-state index contributed by atoms with van der Waals surface area (Å²) in [5.74, 6) is 3.83. The lowest BCUT2D eigenvalue weighted by atomic mass is 10.1. The fraction of sp³-hybridized carbons (Fsp3) is 0.667. The van der Waals surface area contributed by atoms with Gasteiger partial charge in [-0.2, -0.15) is 5.10 Å². The van der Waals surface area contributed by atoms with Gasteiger partial charge in [-0.05, 0) is 51.4 Å². The van der Waals surface area contributed by atoms with Crippen LogP contribution < -0.4 is 10.6 Å². The van der Waals surface area contributed by atoms with Crippen molar-refractivity contribution in [3.05, 3.63) is 35.8 Å². The molecule has 29 heavy (non-hydrogen) atoms. The third kappa shape index (κ3) is 5.18.